The Bertz CT molecular complexity index is 1790. The minimum Gasteiger partial charge on any atom is -0.392 e. The summed E-state index contributed by atoms with van der Waals surface area (Å²) in [5.41, 5.74) is 9.35. The second kappa shape index (κ2) is 10.8. The van der Waals surface area contributed by atoms with Crippen molar-refractivity contribution in [3.63, 3.8) is 0 Å². The molecule has 0 spiro atoms. The molecule has 0 saturated heterocycles. The van der Waals surface area contributed by atoms with Crippen LogP contribution < -0.4 is 10.6 Å². The maximum Gasteiger partial charge on any atom is 0.291 e. The zero-order valence-electron chi connectivity index (χ0n) is 23.7. The van der Waals surface area contributed by atoms with E-state index < -0.39 is 0 Å². The Morgan fingerprint density at radius 1 is 1.00 bits per heavy atom. The first kappa shape index (κ1) is 26.6. The Hall–Kier alpha value is -4.60. The maximum absolute atomic E-state index is 13.4. The van der Waals surface area contributed by atoms with E-state index in [1.54, 1.807) is 12.4 Å². The van der Waals surface area contributed by atoms with E-state index in [1.165, 1.54) is 0 Å². The van der Waals surface area contributed by atoms with Gasteiger partial charge in [-0.15, -0.1) is 0 Å². The van der Waals surface area contributed by atoms with Crippen LogP contribution in [0.1, 0.15) is 38.7 Å². The normalized spacial score (nSPS) is 13.3. The van der Waals surface area contributed by atoms with Gasteiger partial charge < -0.3 is 25.2 Å². The van der Waals surface area contributed by atoms with Crippen LogP contribution in [0.25, 0.3) is 22.0 Å². The first-order valence-electron chi connectivity index (χ1n) is 13.7. The van der Waals surface area contributed by atoms with Crippen molar-refractivity contribution in [2.45, 2.75) is 33.4 Å². The molecule has 9 heteroatoms. The molecule has 0 saturated carbocycles. The lowest BCUT2D eigenvalue weighted by molar-refractivity contribution is 0.101. The highest BCUT2D eigenvalue weighted by atomic mass is 16.3. The molecule has 41 heavy (non-hydrogen) atoms. The summed E-state index contributed by atoms with van der Waals surface area (Å²) in [7, 11) is 3.99. The molecule has 6 rings (SSSR count). The number of carbonyl (C=O) groups excluding carboxylic acids is 1. The van der Waals surface area contributed by atoms with Gasteiger partial charge >= 0.3 is 0 Å². The van der Waals surface area contributed by atoms with E-state index in [2.05, 4.69) is 56.6 Å². The topological polar surface area (TPSA) is 108 Å². The number of imidazole rings is 1. The third kappa shape index (κ3) is 4.94. The van der Waals surface area contributed by atoms with Crippen LogP contribution in [-0.4, -0.2) is 49.0 Å². The summed E-state index contributed by atoms with van der Waals surface area (Å²) in [6, 6.07) is 15.9. The van der Waals surface area contributed by atoms with E-state index in [4.69, 9.17) is 0 Å². The lowest BCUT2D eigenvalue weighted by Crippen LogP contribution is -2.27. The monoisotopic (exact) mass is 547 g/mol. The fourth-order valence-electron chi connectivity index (χ4n) is 5.58. The van der Waals surface area contributed by atoms with E-state index in [0.29, 0.717) is 11.6 Å². The Kier molecular flexibility index (Phi) is 6.98. The third-order valence-corrected chi connectivity index (χ3v) is 7.95. The van der Waals surface area contributed by atoms with Crippen LogP contribution in [0.3, 0.4) is 0 Å². The number of carbonyl (C=O) groups is 1. The first-order valence-corrected chi connectivity index (χ1v) is 13.7. The number of rotatable bonds is 6. The highest BCUT2D eigenvalue weighted by molar-refractivity contribution is 6.03. The van der Waals surface area contributed by atoms with Gasteiger partial charge in [-0.3, -0.25) is 9.78 Å². The number of nitrogens with one attached hydrogen (secondary N) is 2. The Balaban J connectivity index is 1.29. The second-order valence-corrected chi connectivity index (χ2v) is 10.6. The number of likely N-dealkylation sites (N-methyl/N-ethyl adjacent to an activating group) is 1. The van der Waals surface area contributed by atoms with Crippen molar-refractivity contribution in [3.05, 3.63) is 94.8 Å². The molecule has 1 amide bonds. The van der Waals surface area contributed by atoms with Crippen LogP contribution in [0.4, 0.5) is 17.2 Å². The van der Waals surface area contributed by atoms with Crippen molar-refractivity contribution in [2.75, 3.05) is 24.2 Å². The zero-order valence-corrected chi connectivity index (χ0v) is 23.7. The van der Waals surface area contributed by atoms with Crippen molar-refractivity contribution in [3.8, 4) is 11.1 Å². The number of anilines is 3. The van der Waals surface area contributed by atoms with Crippen molar-refractivity contribution in [1.29, 1.82) is 0 Å². The fourth-order valence-corrected chi connectivity index (χ4v) is 5.58. The van der Waals surface area contributed by atoms with E-state index in [1.807, 2.05) is 54.9 Å². The number of benzene rings is 2. The van der Waals surface area contributed by atoms with Gasteiger partial charge in [0, 0.05) is 61.4 Å². The third-order valence-electron chi connectivity index (χ3n) is 7.95. The Morgan fingerprint density at radius 3 is 2.49 bits per heavy atom. The molecule has 5 aromatic rings. The average molecular weight is 548 g/mol. The van der Waals surface area contributed by atoms with Gasteiger partial charge in [-0.2, -0.15) is 0 Å². The average Bonchev–Trinajstić information content (AvgIpc) is 3.30. The number of aliphatic hydroxyl groups is 1. The lowest BCUT2D eigenvalue weighted by Gasteiger charge is -2.21. The minimum absolute atomic E-state index is 0.0601. The number of amides is 1. The van der Waals surface area contributed by atoms with Gasteiger partial charge in [0.2, 0.25) is 0 Å². The molecule has 0 bridgehead atoms. The number of nitrogens with zero attached hydrogens (tertiary/aromatic N) is 5. The van der Waals surface area contributed by atoms with Gasteiger partial charge in [-0.1, -0.05) is 24.3 Å². The van der Waals surface area contributed by atoms with Crippen LogP contribution in [0.15, 0.2) is 60.9 Å². The van der Waals surface area contributed by atoms with Gasteiger partial charge in [0.25, 0.3) is 5.91 Å². The quantitative estimate of drug-likeness (QED) is 0.271. The van der Waals surface area contributed by atoms with Gasteiger partial charge in [-0.25, -0.2) is 9.97 Å². The Labute approximate surface area is 238 Å². The molecule has 4 heterocycles. The van der Waals surface area contributed by atoms with Crippen LogP contribution in [0.5, 0.6) is 0 Å². The number of hydrogen-bond donors (Lipinski definition) is 3. The molecule has 208 valence electrons. The molecule has 1 aliphatic heterocycles. The molecule has 2 aromatic carbocycles. The van der Waals surface area contributed by atoms with Crippen molar-refractivity contribution >= 4 is 34.0 Å². The largest absolute Gasteiger partial charge is 0.392 e. The van der Waals surface area contributed by atoms with E-state index in [-0.39, 0.29) is 12.5 Å². The summed E-state index contributed by atoms with van der Waals surface area (Å²) in [5, 5.41) is 17.0. The summed E-state index contributed by atoms with van der Waals surface area (Å²) in [4.78, 5) is 29.3. The number of aliphatic hydroxyl groups excluding tert-OH is 1. The summed E-state index contributed by atoms with van der Waals surface area (Å²) in [5.74, 6) is 0.865. The van der Waals surface area contributed by atoms with Gasteiger partial charge in [-0.05, 0) is 73.0 Å². The van der Waals surface area contributed by atoms with Gasteiger partial charge in [0.15, 0.2) is 11.6 Å². The van der Waals surface area contributed by atoms with Gasteiger partial charge in [0.1, 0.15) is 5.52 Å². The van der Waals surface area contributed by atoms with Crippen LogP contribution in [0.2, 0.25) is 0 Å². The molecule has 1 aliphatic rings. The van der Waals surface area contributed by atoms with Crippen molar-refractivity contribution in [2.24, 2.45) is 7.05 Å². The maximum atomic E-state index is 13.4. The minimum atomic E-state index is -0.212. The summed E-state index contributed by atoms with van der Waals surface area (Å²) in [6.45, 7) is 5.75. The van der Waals surface area contributed by atoms with Crippen LogP contribution in [0, 0.1) is 13.8 Å². The summed E-state index contributed by atoms with van der Waals surface area (Å²) < 4.78 is 1.93. The van der Waals surface area contributed by atoms with E-state index in [9.17, 15) is 9.90 Å². The van der Waals surface area contributed by atoms with Crippen molar-refractivity contribution in [1.82, 2.24) is 24.4 Å². The summed E-state index contributed by atoms with van der Waals surface area (Å²) in [6.07, 6.45) is 4.29. The van der Waals surface area contributed by atoms with Crippen LogP contribution in [-0.2, 0) is 26.6 Å². The molecular weight excluding hydrogens is 514 g/mol. The first-order chi connectivity index (χ1) is 19.8. The molecule has 3 aromatic heterocycles. The SMILES string of the molecule is Cc1c(NC(=O)c2nc3c(n2C)CCN(C)C3)cccc1-c1cccc(Nc2nccc3cc(CO)cnc23)c1C. The van der Waals surface area contributed by atoms with E-state index >= 15 is 0 Å². The zero-order chi connectivity index (χ0) is 28.7. The predicted molar refractivity (Wildman–Crippen MR) is 161 cm³/mol. The van der Waals surface area contributed by atoms with Crippen LogP contribution >= 0.6 is 0 Å². The van der Waals surface area contributed by atoms with Crippen molar-refractivity contribution < 1.29 is 9.90 Å². The number of hydrogen-bond acceptors (Lipinski definition) is 7. The molecule has 0 radical (unpaired) electrons. The number of aromatic nitrogens is 4. The lowest BCUT2D eigenvalue weighted by atomic mass is 9.94. The second-order valence-electron chi connectivity index (χ2n) is 10.6. The Morgan fingerprint density at radius 2 is 1.73 bits per heavy atom. The molecular formula is C32H33N7O2. The molecule has 0 aliphatic carbocycles. The molecule has 0 fully saturated rings. The predicted octanol–water partition coefficient (Wildman–Crippen LogP) is 5.12. The smallest absolute Gasteiger partial charge is 0.291 e. The van der Waals surface area contributed by atoms with Gasteiger partial charge in [0.05, 0.1) is 12.3 Å². The summed E-state index contributed by atoms with van der Waals surface area (Å²) >= 11 is 0. The number of fused-ring (bicyclic) bond motifs is 2. The number of pyridine rings is 2. The molecule has 0 unspecified atom stereocenters. The standard InChI is InChI=1S/C32H33N7O2/c1-19-23(7-5-9-25(19)35-30-29-22(11-13-33-30)15-21(18-40)16-34-29)24-8-6-10-26(20(24)2)37-32(41)31-36-27-17-38(3)14-12-28(27)39(31)4/h5-11,13,15-16,40H,12,14,17-18H2,1-4H3,(H,33,35)(H,37,41). The highest BCUT2D eigenvalue weighted by Gasteiger charge is 2.24. The molecule has 9 nitrogen and oxygen atoms in total. The molecule has 3 N–H and O–H groups in total. The highest BCUT2D eigenvalue weighted by Crippen LogP contribution is 2.35. The fraction of sp³-hybridized carbons (Fsp3) is 0.250. The van der Waals surface area contributed by atoms with E-state index in [0.717, 1.165) is 81.0 Å². The molecule has 0 atom stereocenters.